The highest BCUT2D eigenvalue weighted by Crippen LogP contribution is 2.25. The lowest BCUT2D eigenvalue weighted by atomic mass is 10.1. The molecular weight excluding hydrogens is 516 g/mol. The average molecular weight is 535 g/mol. The maximum atomic E-state index is 12.7. The first-order valence-corrected chi connectivity index (χ1v) is 11.8. The number of halogens is 4. The van der Waals surface area contributed by atoms with Crippen LogP contribution >= 0.6 is 46.4 Å². The third kappa shape index (κ3) is 6.05. The van der Waals surface area contributed by atoms with Crippen LogP contribution in [0.3, 0.4) is 0 Å². The van der Waals surface area contributed by atoms with E-state index in [1.807, 2.05) is 37.3 Å². The van der Waals surface area contributed by atoms with Gasteiger partial charge in [0.1, 0.15) is 17.4 Å². The second-order valence-electron chi connectivity index (χ2n) is 7.61. The quantitative estimate of drug-likeness (QED) is 0.264. The molecule has 5 nitrogen and oxygen atoms in total. The van der Waals surface area contributed by atoms with E-state index in [4.69, 9.17) is 51.1 Å². The Balaban J connectivity index is 1.37. The molecule has 0 aliphatic heterocycles. The Morgan fingerprint density at radius 1 is 0.941 bits per heavy atom. The molecule has 0 saturated carbocycles. The van der Waals surface area contributed by atoms with Gasteiger partial charge in [0.15, 0.2) is 5.82 Å². The summed E-state index contributed by atoms with van der Waals surface area (Å²) in [7, 11) is 0. The molecule has 4 aromatic rings. The monoisotopic (exact) mass is 533 g/mol. The Labute approximate surface area is 217 Å². The zero-order valence-electron chi connectivity index (χ0n) is 18.0. The van der Waals surface area contributed by atoms with Crippen LogP contribution in [-0.2, 0) is 13.2 Å². The maximum absolute atomic E-state index is 12.7. The molecule has 34 heavy (non-hydrogen) atoms. The number of amides is 1. The topological polar surface area (TPSA) is 56.1 Å². The Bertz CT molecular complexity index is 1340. The largest absolute Gasteiger partial charge is 0.489 e. The van der Waals surface area contributed by atoms with Gasteiger partial charge in [-0.05, 0) is 66.1 Å². The number of carbonyl (C=O) groups is 1. The number of aromatic nitrogens is 2. The fourth-order valence-corrected chi connectivity index (χ4v) is 3.98. The van der Waals surface area contributed by atoms with Crippen LogP contribution in [0.25, 0.3) is 0 Å². The summed E-state index contributed by atoms with van der Waals surface area (Å²) in [5, 5.41) is 9.20. The number of hydrogen-bond acceptors (Lipinski definition) is 3. The van der Waals surface area contributed by atoms with Crippen molar-refractivity contribution in [2.45, 2.75) is 20.1 Å². The molecule has 0 bridgehead atoms. The van der Waals surface area contributed by atoms with Gasteiger partial charge in [0, 0.05) is 26.8 Å². The summed E-state index contributed by atoms with van der Waals surface area (Å²) in [5.41, 5.74) is 3.17. The smallest absolute Gasteiger partial charge is 0.256 e. The Morgan fingerprint density at radius 2 is 1.71 bits per heavy atom. The predicted octanol–water partition coefficient (Wildman–Crippen LogP) is 7.68. The molecule has 4 rings (SSSR count). The molecule has 174 valence electrons. The minimum atomic E-state index is -0.322. The number of aryl methyl sites for hydroxylation is 1. The molecule has 0 radical (unpaired) electrons. The van der Waals surface area contributed by atoms with Gasteiger partial charge >= 0.3 is 0 Å². The van der Waals surface area contributed by atoms with Crippen LogP contribution in [0.2, 0.25) is 20.1 Å². The van der Waals surface area contributed by atoms with Crippen LogP contribution in [0.15, 0.2) is 66.9 Å². The number of carbonyl (C=O) groups excluding carboxylic acids is 1. The molecule has 0 atom stereocenters. The lowest BCUT2D eigenvalue weighted by Gasteiger charge is -2.09. The number of hydrogen-bond donors (Lipinski definition) is 1. The van der Waals surface area contributed by atoms with Gasteiger partial charge in [-0.2, -0.15) is 5.10 Å². The molecule has 1 amide bonds. The molecule has 0 aliphatic rings. The normalized spacial score (nSPS) is 10.9. The van der Waals surface area contributed by atoms with Crippen molar-refractivity contribution in [3.8, 4) is 5.75 Å². The second-order valence-corrected chi connectivity index (χ2v) is 9.27. The fourth-order valence-electron chi connectivity index (χ4n) is 3.19. The van der Waals surface area contributed by atoms with Gasteiger partial charge in [-0.3, -0.25) is 9.48 Å². The second kappa shape index (κ2) is 10.7. The number of ether oxygens (including phenoxy) is 1. The lowest BCUT2D eigenvalue weighted by Crippen LogP contribution is -2.13. The highest BCUT2D eigenvalue weighted by molar-refractivity contribution is 6.35. The van der Waals surface area contributed by atoms with Crippen LogP contribution < -0.4 is 10.1 Å². The van der Waals surface area contributed by atoms with E-state index in [1.165, 1.54) is 0 Å². The van der Waals surface area contributed by atoms with Crippen molar-refractivity contribution in [2.75, 3.05) is 5.32 Å². The van der Waals surface area contributed by atoms with E-state index in [1.54, 1.807) is 41.2 Å². The molecule has 1 N–H and O–H groups in total. The number of rotatable bonds is 7. The fraction of sp³-hybridized carbons (Fsp3) is 0.120. The van der Waals surface area contributed by atoms with Gasteiger partial charge in [-0.1, -0.05) is 64.6 Å². The van der Waals surface area contributed by atoms with Crippen LogP contribution in [-0.4, -0.2) is 15.7 Å². The minimum absolute atomic E-state index is 0.266. The van der Waals surface area contributed by atoms with Crippen LogP contribution in [0.5, 0.6) is 5.75 Å². The first-order valence-electron chi connectivity index (χ1n) is 10.2. The van der Waals surface area contributed by atoms with Gasteiger partial charge in [0.25, 0.3) is 5.91 Å². The molecule has 1 aromatic heterocycles. The van der Waals surface area contributed by atoms with E-state index in [0.717, 1.165) is 22.4 Å². The van der Waals surface area contributed by atoms with E-state index >= 15 is 0 Å². The van der Waals surface area contributed by atoms with Gasteiger partial charge in [0.05, 0.1) is 6.54 Å². The van der Waals surface area contributed by atoms with Crippen LogP contribution in [0.1, 0.15) is 27.0 Å². The van der Waals surface area contributed by atoms with E-state index in [0.29, 0.717) is 38.8 Å². The van der Waals surface area contributed by atoms with E-state index in [2.05, 4.69) is 10.4 Å². The van der Waals surface area contributed by atoms with Crippen LogP contribution in [0, 0.1) is 6.92 Å². The predicted molar refractivity (Wildman–Crippen MR) is 138 cm³/mol. The first kappa shape index (κ1) is 24.4. The minimum Gasteiger partial charge on any atom is -0.489 e. The van der Waals surface area contributed by atoms with Crippen molar-refractivity contribution in [1.29, 1.82) is 0 Å². The first-order chi connectivity index (χ1) is 16.3. The third-order valence-corrected chi connectivity index (χ3v) is 6.34. The maximum Gasteiger partial charge on any atom is 0.256 e. The summed E-state index contributed by atoms with van der Waals surface area (Å²) in [6.07, 6.45) is 1.63. The Morgan fingerprint density at radius 3 is 2.41 bits per heavy atom. The molecule has 0 fully saturated rings. The average Bonchev–Trinajstić information content (AvgIpc) is 3.15. The zero-order chi connectivity index (χ0) is 24.2. The highest BCUT2D eigenvalue weighted by atomic mass is 35.5. The molecule has 0 unspecified atom stereocenters. The summed E-state index contributed by atoms with van der Waals surface area (Å²) < 4.78 is 7.40. The molecule has 3 aromatic carbocycles. The summed E-state index contributed by atoms with van der Waals surface area (Å²) in [6.45, 7) is 2.67. The van der Waals surface area contributed by atoms with Gasteiger partial charge in [0.2, 0.25) is 0 Å². The molecular formula is C25H19Cl4N3O2. The van der Waals surface area contributed by atoms with Crippen molar-refractivity contribution < 1.29 is 9.53 Å². The molecule has 1 heterocycles. The summed E-state index contributed by atoms with van der Waals surface area (Å²) in [4.78, 5) is 12.7. The lowest BCUT2D eigenvalue weighted by molar-refractivity contribution is 0.102. The van der Waals surface area contributed by atoms with E-state index < -0.39 is 0 Å². The summed E-state index contributed by atoms with van der Waals surface area (Å²) in [5.74, 6) is 0.675. The third-order valence-electron chi connectivity index (χ3n) is 5.05. The standard InChI is InChI=1S/C25H19Cl4N3O2/c1-15-10-20(8-9-21(15)27)34-14-16-2-4-17(5-3-16)25(33)30-24-23(29)13-32(31-24)12-18-6-7-19(26)11-22(18)28/h2-11,13H,12,14H2,1H3,(H,30,31,33). The Kier molecular flexibility index (Phi) is 7.69. The van der Waals surface area contributed by atoms with Crippen molar-refractivity contribution >= 4 is 58.1 Å². The molecule has 0 spiro atoms. The van der Waals surface area contributed by atoms with E-state index in [9.17, 15) is 4.79 Å². The zero-order valence-corrected chi connectivity index (χ0v) is 21.0. The number of nitrogens with one attached hydrogen (secondary N) is 1. The van der Waals surface area contributed by atoms with Gasteiger partial charge in [-0.25, -0.2) is 0 Å². The van der Waals surface area contributed by atoms with Gasteiger partial charge in [-0.15, -0.1) is 0 Å². The summed E-state index contributed by atoms with van der Waals surface area (Å²) in [6, 6.07) is 17.8. The number of benzene rings is 3. The van der Waals surface area contributed by atoms with Crippen LogP contribution in [0.4, 0.5) is 5.82 Å². The van der Waals surface area contributed by atoms with Crippen molar-refractivity contribution in [3.05, 3.63) is 109 Å². The number of nitrogens with zero attached hydrogens (tertiary/aromatic N) is 2. The Hall–Kier alpha value is -2.70. The van der Waals surface area contributed by atoms with E-state index in [-0.39, 0.29) is 11.7 Å². The number of anilines is 1. The highest BCUT2D eigenvalue weighted by Gasteiger charge is 2.13. The molecule has 9 heteroatoms. The SMILES string of the molecule is Cc1cc(OCc2ccc(C(=O)Nc3nn(Cc4ccc(Cl)cc4Cl)cc3Cl)cc2)ccc1Cl. The van der Waals surface area contributed by atoms with Crippen molar-refractivity contribution in [3.63, 3.8) is 0 Å². The van der Waals surface area contributed by atoms with Crippen molar-refractivity contribution in [2.24, 2.45) is 0 Å². The summed E-state index contributed by atoms with van der Waals surface area (Å²) >= 11 is 24.5. The molecule has 0 saturated heterocycles. The van der Waals surface area contributed by atoms with Crippen molar-refractivity contribution in [1.82, 2.24) is 9.78 Å². The van der Waals surface area contributed by atoms with Gasteiger partial charge < -0.3 is 10.1 Å². The molecule has 0 aliphatic carbocycles.